The van der Waals surface area contributed by atoms with Crippen LogP contribution in [0.15, 0.2) is 47.4 Å². The Hall–Kier alpha value is -2.13. The number of nitrogens with zero attached hydrogens (tertiary/aromatic N) is 1. The van der Waals surface area contributed by atoms with Gasteiger partial charge in [-0.3, -0.25) is 4.79 Å². The summed E-state index contributed by atoms with van der Waals surface area (Å²) in [6, 6.07) is 11.6. The molecule has 0 saturated carbocycles. The molecule has 1 fully saturated rings. The molecular weight excluding hydrogens is 402 g/mol. The molecule has 150 valence electrons. The minimum absolute atomic E-state index is 0.0645. The minimum Gasteiger partial charge on any atom is -0.379 e. The summed E-state index contributed by atoms with van der Waals surface area (Å²) in [5, 5.41) is 6.37. The van der Waals surface area contributed by atoms with E-state index in [1.807, 2.05) is 13.0 Å². The van der Waals surface area contributed by atoms with Crippen molar-refractivity contribution >= 4 is 38.9 Å². The van der Waals surface area contributed by atoms with Crippen LogP contribution in [0.2, 0.25) is 5.02 Å². The topological polar surface area (TPSA) is 87.7 Å². The number of ether oxygens (including phenoxy) is 1. The number of benzene rings is 2. The number of aryl methyl sites for hydroxylation is 1. The van der Waals surface area contributed by atoms with Crippen molar-refractivity contribution in [1.29, 1.82) is 0 Å². The summed E-state index contributed by atoms with van der Waals surface area (Å²) >= 11 is 5.97. The van der Waals surface area contributed by atoms with Gasteiger partial charge in [0, 0.05) is 29.5 Å². The minimum atomic E-state index is -3.55. The third-order valence-corrected chi connectivity index (χ3v) is 6.53. The van der Waals surface area contributed by atoms with Crippen molar-refractivity contribution < 1.29 is 17.9 Å². The van der Waals surface area contributed by atoms with E-state index in [-0.39, 0.29) is 17.3 Å². The first-order valence-electron chi connectivity index (χ1n) is 8.84. The number of rotatable bonds is 6. The molecule has 1 aliphatic rings. The van der Waals surface area contributed by atoms with Crippen LogP contribution in [0.4, 0.5) is 11.4 Å². The number of halogens is 1. The van der Waals surface area contributed by atoms with E-state index < -0.39 is 10.0 Å². The van der Waals surface area contributed by atoms with Crippen molar-refractivity contribution in [3.63, 3.8) is 0 Å². The molecule has 0 aliphatic carbocycles. The Morgan fingerprint density at radius 1 is 1.14 bits per heavy atom. The molecule has 0 spiro atoms. The van der Waals surface area contributed by atoms with Crippen molar-refractivity contribution in [1.82, 2.24) is 4.31 Å². The maximum absolute atomic E-state index is 12.6. The molecule has 2 aromatic rings. The zero-order valence-electron chi connectivity index (χ0n) is 15.4. The van der Waals surface area contributed by atoms with Gasteiger partial charge in [0.15, 0.2) is 0 Å². The van der Waals surface area contributed by atoms with Gasteiger partial charge in [0.05, 0.1) is 24.7 Å². The lowest BCUT2D eigenvalue weighted by Crippen LogP contribution is -2.40. The second-order valence-electron chi connectivity index (χ2n) is 6.40. The summed E-state index contributed by atoms with van der Waals surface area (Å²) in [6.45, 7) is 3.46. The first-order valence-corrected chi connectivity index (χ1v) is 10.7. The standard InChI is InChI=1S/C19H22ClN3O4S/c1-14-2-3-15(20)12-18(14)21-13-19(24)22-16-4-6-17(7-5-16)28(25,26)23-8-10-27-11-9-23/h2-7,12,21H,8-11,13H2,1H3,(H,22,24). The average Bonchev–Trinajstić information content (AvgIpc) is 2.70. The fourth-order valence-corrected chi connectivity index (χ4v) is 4.39. The molecule has 1 heterocycles. The first-order chi connectivity index (χ1) is 13.4. The number of hydrogen-bond acceptors (Lipinski definition) is 5. The molecule has 1 saturated heterocycles. The van der Waals surface area contributed by atoms with E-state index >= 15 is 0 Å². The molecule has 2 N–H and O–H groups in total. The van der Waals surface area contributed by atoms with Gasteiger partial charge in [-0.1, -0.05) is 17.7 Å². The Morgan fingerprint density at radius 3 is 2.50 bits per heavy atom. The monoisotopic (exact) mass is 423 g/mol. The van der Waals surface area contributed by atoms with Crippen molar-refractivity contribution in [2.75, 3.05) is 43.5 Å². The number of morpholine rings is 1. The molecule has 3 rings (SSSR count). The summed E-state index contributed by atoms with van der Waals surface area (Å²) in [7, 11) is -3.55. The summed E-state index contributed by atoms with van der Waals surface area (Å²) in [6.07, 6.45) is 0. The fraction of sp³-hybridized carbons (Fsp3) is 0.316. The van der Waals surface area contributed by atoms with Gasteiger partial charge in [-0.25, -0.2) is 8.42 Å². The lowest BCUT2D eigenvalue weighted by molar-refractivity contribution is -0.114. The number of nitrogens with one attached hydrogen (secondary N) is 2. The highest BCUT2D eigenvalue weighted by molar-refractivity contribution is 7.89. The third-order valence-electron chi connectivity index (χ3n) is 4.38. The zero-order chi connectivity index (χ0) is 20.1. The van der Waals surface area contributed by atoms with Crippen LogP contribution in [0.1, 0.15) is 5.56 Å². The number of carbonyl (C=O) groups excluding carboxylic acids is 1. The highest BCUT2D eigenvalue weighted by Gasteiger charge is 2.26. The van der Waals surface area contributed by atoms with E-state index in [1.54, 1.807) is 24.3 Å². The second kappa shape index (κ2) is 8.91. The van der Waals surface area contributed by atoms with E-state index in [9.17, 15) is 13.2 Å². The Balaban J connectivity index is 1.59. The van der Waals surface area contributed by atoms with Gasteiger partial charge in [0.2, 0.25) is 15.9 Å². The molecule has 0 atom stereocenters. The van der Waals surface area contributed by atoms with Crippen LogP contribution in [-0.2, 0) is 19.6 Å². The van der Waals surface area contributed by atoms with Gasteiger partial charge in [-0.15, -0.1) is 0 Å². The number of amides is 1. The highest BCUT2D eigenvalue weighted by Crippen LogP contribution is 2.21. The Labute approximate surface area is 169 Å². The molecule has 1 aliphatic heterocycles. The Morgan fingerprint density at radius 2 is 1.82 bits per heavy atom. The second-order valence-corrected chi connectivity index (χ2v) is 8.78. The lowest BCUT2D eigenvalue weighted by atomic mass is 10.2. The van der Waals surface area contributed by atoms with Crippen LogP contribution in [0.3, 0.4) is 0 Å². The average molecular weight is 424 g/mol. The fourth-order valence-electron chi connectivity index (χ4n) is 2.81. The van der Waals surface area contributed by atoms with Crippen LogP contribution in [0, 0.1) is 6.92 Å². The predicted molar refractivity (Wildman–Crippen MR) is 109 cm³/mol. The van der Waals surface area contributed by atoms with Gasteiger partial charge in [-0.2, -0.15) is 4.31 Å². The maximum atomic E-state index is 12.6. The highest BCUT2D eigenvalue weighted by atomic mass is 35.5. The van der Waals surface area contributed by atoms with Crippen molar-refractivity contribution in [2.24, 2.45) is 0 Å². The molecule has 0 aromatic heterocycles. The van der Waals surface area contributed by atoms with Gasteiger partial charge in [-0.05, 0) is 48.9 Å². The summed E-state index contributed by atoms with van der Waals surface area (Å²) in [5.41, 5.74) is 2.29. The molecule has 28 heavy (non-hydrogen) atoms. The van der Waals surface area contributed by atoms with E-state index in [1.165, 1.54) is 16.4 Å². The first kappa shape index (κ1) is 20.6. The maximum Gasteiger partial charge on any atom is 0.243 e. The number of sulfonamides is 1. The van der Waals surface area contributed by atoms with Crippen molar-refractivity contribution in [3.8, 4) is 0 Å². The van der Waals surface area contributed by atoms with Gasteiger partial charge in [0.25, 0.3) is 0 Å². The molecule has 2 aromatic carbocycles. The summed E-state index contributed by atoms with van der Waals surface area (Å²) in [4.78, 5) is 12.4. The van der Waals surface area contributed by atoms with Crippen molar-refractivity contribution in [3.05, 3.63) is 53.1 Å². The van der Waals surface area contributed by atoms with Crippen LogP contribution in [0.25, 0.3) is 0 Å². The summed E-state index contributed by atoms with van der Waals surface area (Å²) < 4.78 is 31.8. The van der Waals surface area contributed by atoms with Gasteiger partial charge >= 0.3 is 0 Å². The largest absolute Gasteiger partial charge is 0.379 e. The van der Waals surface area contributed by atoms with E-state index in [0.717, 1.165) is 11.3 Å². The summed E-state index contributed by atoms with van der Waals surface area (Å²) in [5.74, 6) is -0.247. The van der Waals surface area contributed by atoms with Crippen LogP contribution < -0.4 is 10.6 Å². The van der Waals surface area contributed by atoms with E-state index in [0.29, 0.717) is 37.0 Å². The number of anilines is 2. The Kier molecular flexibility index (Phi) is 6.56. The predicted octanol–water partition coefficient (Wildman–Crippen LogP) is 2.72. The van der Waals surface area contributed by atoms with Crippen LogP contribution in [-0.4, -0.2) is 51.5 Å². The van der Waals surface area contributed by atoms with Crippen LogP contribution in [0.5, 0.6) is 0 Å². The third kappa shape index (κ3) is 5.02. The van der Waals surface area contributed by atoms with Crippen LogP contribution >= 0.6 is 11.6 Å². The SMILES string of the molecule is Cc1ccc(Cl)cc1NCC(=O)Nc1ccc(S(=O)(=O)N2CCOCC2)cc1. The normalized spacial score (nSPS) is 15.2. The smallest absolute Gasteiger partial charge is 0.243 e. The molecule has 1 amide bonds. The molecular formula is C19H22ClN3O4S. The number of hydrogen-bond donors (Lipinski definition) is 2. The molecule has 0 radical (unpaired) electrons. The molecule has 0 bridgehead atoms. The number of carbonyl (C=O) groups is 1. The van der Waals surface area contributed by atoms with E-state index in [2.05, 4.69) is 10.6 Å². The van der Waals surface area contributed by atoms with Gasteiger partial charge in [0.1, 0.15) is 0 Å². The molecule has 7 nitrogen and oxygen atoms in total. The molecule has 9 heteroatoms. The lowest BCUT2D eigenvalue weighted by Gasteiger charge is -2.26. The van der Waals surface area contributed by atoms with Gasteiger partial charge < -0.3 is 15.4 Å². The van der Waals surface area contributed by atoms with E-state index in [4.69, 9.17) is 16.3 Å². The zero-order valence-corrected chi connectivity index (χ0v) is 17.0. The Bertz CT molecular complexity index is 942. The quantitative estimate of drug-likeness (QED) is 0.745. The van der Waals surface area contributed by atoms with Crippen molar-refractivity contribution in [2.45, 2.75) is 11.8 Å². The molecule has 0 unspecified atom stereocenters.